The minimum atomic E-state index is -0.236. The van der Waals surface area contributed by atoms with Crippen LogP contribution in [0.5, 0.6) is 0 Å². The molecule has 1 heterocycles. The summed E-state index contributed by atoms with van der Waals surface area (Å²) in [6.45, 7) is 5.66. The summed E-state index contributed by atoms with van der Waals surface area (Å²) in [7, 11) is 0. The predicted molar refractivity (Wildman–Crippen MR) is 81.1 cm³/mol. The van der Waals surface area contributed by atoms with Gasteiger partial charge in [-0.05, 0) is 17.7 Å². The van der Waals surface area contributed by atoms with Crippen molar-refractivity contribution in [3.05, 3.63) is 65.2 Å². The molecule has 0 radical (unpaired) electrons. The van der Waals surface area contributed by atoms with Crippen molar-refractivity contribution in [2.75, 3.05) is 0 Å². The normalized spacial score (nSPS) is 11.0. The summed E-state index contributed by atoms with van der Waals surface area (Å²) in [5.74, 6) is -0.236. The Hall–Kier alpha value is -1.78. The fourth-order valence-electron chi connectivity index (χ4n) is 1.85. The molecular formula is C17H21FN2O. The lowest BCUT2D eigenvalue weighted by molar-refractivity contribution is 0.102. The first kappa shape index (κ1) is 15.6. The van der Waals surface area contributed by atoms with Gasteiger partial charge in [0, 0.05) is 24.3 Å². The van der Waals surface area contributed by atoms with Gasteiger partial charge in [-0.2, -0.15) is 0 Å². The molecular weight excluding hydrogens is 267 g/mol. The standard InChI is InChI=1S/C17H21FN2O/c1-13(2)19-9-14-7-8-16(20-10-14)12-21-11-15-5-3-4-6-17(15)18/h3-8,10,13,19H,9,11-12H2,1-2H3. The van der Waals surface area contributed by atoms with E-state index in [4.69, 9.17) is 4.74 Å². The minimum Gasteiger partial charge on any atom is -0.370 e. The molecule has 0 aliphatic carbocycles. The van der Waals surface area contributed by atoms with Crippen molar-refractivity contribution in [1.82, 2.24) is 10.3 Å². The smallest absolute Gasteiger partial charge is 0.128 e. The topological polar surface area (TPSA) is 34.1 Å². The van der Waals surface area contributed by atoms with Crippen molar-refractivity contribution in [3.8, 4) is 0 Å². The van der Waals surface area contributed by atoms with Gasteiger partial charge in [0.05, 0.1) is 18.9 Å². The zero-order valence-electron chi connectivity index (χ0n) is 12.5. The second kappa shape index (κ2) is 7.86. The third-order valence-electron chi connectivity index (χ3n) is 3.07. The second-order valence-corrected chi connectivity index (χ2v) is 5.28. The first-order chi connectivity index (χ1) is 10.1. The first-order valence-corrected chi connectivity index (χ1v) is 7.13. The van der Waals surface area contributed by atoms with Gasteiger partial charge in [0.1, 0.15) is 5.82 Å². The number of pyridine rings is 1. The van der Waals surface area contributed by atoms with Crippen molar-refractivity contribution in [3.63, 3.8) is 0 Å². The van der Waals surface area contributed by atoms with Crippen molar-refractivity contribution < 1.29 is 9.13 Å². The number of benzene rings is 1. The molecule has 2 rings (SSSR count). The van der Waals surface area contributed by atoms with Gasteiger partial charge in [-0.25, -0.2) is 4.39 Å². The van der Waals surface area contributed by atoms with Crippen LogP contribution in [-0.2, 0) is 24.5 Å². The Morgan fingerprint density at radius 1 is 1.14 bits per heavy atom. The number of nitrogens with one attached hydrogen (secondary N) is 1. The number of halogens is 1. The Labute approximate surface area is 125 Å². The third-order valence-corrected chi connectivity index (χ3v) is 3.07. The third kappa shape index (κ3) is 5.25. The number of hydrogen-bond donors (Lipinski definition) is 1. The number of ether oxygens (including phenoxy) is 1. The molecule has 0 atom stereocenters. The zero-order valence-corrected chi connectivity index (χ0v) is 12.5. The minimum absolute atomic E-state index is 0.236. The molecule has 0 fully saturated rings. The Bertz CT molecular complexity index is 555. The van der Waals surface area contributed by atoms with Crippen LogP contribution < -0.4 is 5.32 Å². The van der Waals surface area contributed by atoms with Gasteiger partial charge in [0.2, 0.25) is 0 Å². The van der Waals surface area contributed by atoms with Crippen LogP contribution in [-0.4, -0.2) is 11.0 Å². The van der Waals surface area contributed by atoms with Crippen LogP contribution in [0.2, 0.25) is 0 Å². The fraction of sp³-hybridized carbons (Fsp3) is 0.353. The van der Waals surface area contributed by atoms with Crippen LogP contribution >= 0.6 is 0 Å². The molecule has 0 unspecified atom stereocenters. The number of nitrogens with zero attached hydrogens (tertiary/aromatic N) is 1. The van der Waals surface area contributed by atoms with Crippen molar-refractivity contribution in [2.24, 2.45) is 0 Å². The van der Waals surface area contributed by atoms with Crippen LogP contribution in [0.3, 0.4) is 0 Å². The van der Waals surface area contributed by atoms with Crippen LogP contribution in [0, 0.1) is 5.82 Å². The van der Waals surface area contributed by atoms with E-state index in [1.807, 2.05) is 18.3 Å². The van der Waals surface area contributed by atoms with Gasteiger partial charge in [0.15, 0.2) is 0 Å². The van der Waals surface area contributed by atoms with Crippen molar-refractivity contribution in [2.45, 2.75) is 39.6 Å². The van der Waals surface area contributed by atoms with Crippen molar-refractivity contribution >= 4 is 0 Å². The summed E-state index contributed by atoms with van der Waals surface area (Å²) in [4.78, 5) is 4.35. The highest BCUT2D eigenvalue weighted by molar-refractivity contribution is 5.16. The zero-order chi connectivity index (χ0) is 15.1. The lowest BCUT2D eigenvalue weighted by Crippen LogP contribution is -2.21. The van der Waals surface area contributed by atoms with E-state index in [0.29, 0.717) is 18.2 Å². The Morgan fingerprint density at radius 2 is 1.95 bits per heavy atom. The summed E-state index contributed by atoms with van der Waals surface area (Å²) in [5.41, 5.74) is 2.55. The first-order valence-electron chi connectivity index (χ1n) is 7.13. The summed E-state index contributed by atoms with van der Waals surface area (Å²) < 4.78 is 18.9. The molecule has 21 heavy (non-hydrogen) atoms. The average molecular weight is 288 g/mol. The molecule has 3 nitrogen and oxygen atoms in total. The van der Waals surface area contributed by atoms with Crippen LogP contribution in [0.4, 0.5) is 4.39 Å². The Morgan fingerprint density at radius 3 is 2.62 bits per heavy atom. The van der Waals surface area contributed by atoms with E-state index in [9.17, 15) is 4.39 Å². The van der Waals surface area contributed by atoms with Gasteiger partial charge in [-0.1, -0.05) is 38.1 Å². The summed E-state index contributed by atoms with van der Waals surface area (Å²) in [6.07, 6.45) is 1.84. The maximum atomic E-state index is 13.4. The van der Waals surface area contributed by atoms with E-state index >= 15 is 0 Å². The number of hydrogen-bond acceptors (Lipinski definition) is 3. The maximum Gasteiger partial charge on any atom is 0.128 e. The molecule has 1 aromatic heterocycles. The lowest BCUT2D eigenvalue weighted by atomic mass is 10.2. The summed E-state index contributed by atoms with van der Waals surface area (Å²) >= 11 is 0. The van der Waals surface area contributed by atoms with Crippen LogP contribution in [0.1, 0.15) is 30.7 Å². The molecule has 112 valence electrons. The molecule has 0 spiro atoms. The Balaban J connectivity index is 1.80. The van der Waals surface area contributed by atoms with Gasteiger partial charge < -0.3 is 10.1 Å². The van der Waals surface area contributed by atoms with Gasteiger partial charge in [0.25, 0.3) is 0 Å². The Kier molecular flexibility index (Phi) is 5.84. The molecule has 0 aliphatic rings. The largest absolute Gasteiger partial charge is 0.370 e. The molecule has 1 N–H and O–H groups in total. The van der Waals surface area contributed by atoms with Gasteiger partial charge >= 0.3 is 0 Å². The maximum absolute atomic E-state index is 13.4. The molecule has 2 aromatic rings. The van der Waals surface area contributed by atoms with Crippen molar-refractivity contribution in [1.29, 1.82) is 0 Å². The van der Waals surface area contributed by atoms with E-state index < -0.39 is 0 Å². The second-order valence-electron chi connectivity index (χ2n) is 5.28. The molecule has 0 saturated carbocycles. The van der Waals surface area contributed by atoms with E-state index in [2.05, 4.69) is 24.1 Å². The van der Waals surface area contributed by atoms with E-state index in [-0.39, 0.29) is 12.4 Å². The fourth-order valence-corrected chi connectivity index (χ4v) is 1.85. The highest BCUT2D eigenvalue weighted by atomic mass is 19.1. The van der Waals surface area contributed by atoms with E-state index in [0.717, 1.165) is 17.8 Å². The predicted octanol–water partition coefficient (Wildman–Crippen LogP) is 3.44. The van der Waals surface area contributed by atoms with Crippen LogP contribution in [0.25, 0.3) is 0 Å². The van der Waals surface area contributed by atoms with Gasteiger partial charge in [-0.3, -0.25) is 4.98 Å². The molecule has 1 aromatic carbocycles. The molecule has 0 aliphatic heterocycles. The van der Waals surface area contributed by atoms with E-state index in [1.165, 1.54) is 6.07 Å². The van der Waals surface area contributed by atoms with Crippen LogP contribution in [0.15, 0.2) is 42.6 Å². The lowest BCUT2D eigenvalue weighted by Gasteiger charge is -2.08. The highest BCUT2D eigenvalue weighted by Crippen LogP contribution is 2.09. The average Bonchev–Trinajstić information content (AvgIpc) is 2.48. The summed E-state index contributed by atoms with van der Waals surface area (Å²) in [6, 6.07) is 11.1. The molecule has 0 saturated heterocycles. The number of rotatable bonds is 7. The van der Waals surface area contributed by atoms with Gasteiger partial charge in [-0.15, -0.1) is 0 Å². The summed E-state index contributed by atoms with van der Waals surface area (Å²) in [5, 5.41) is 3.34. The SMILES string of the molecule is CC(C)NCc1ccc(COCc2ccccc2F)nc1. The molecule has 0 bridgehead atoms. The molecule has 4 heteroatoms. The molecule has 0 amide bonds. The monoisotopic (exact) mass is 288 g/mol. The highest BCUT2D eigenvalue weighted by Gasteiger charge is 2.02. The quantitative estimate of drug-likeness (QED) is 0.847. The van der Waals surface area contributed by atoms with E-state index in [1.54, 1.807) is 18.2 Å². The number of aromatic nitrogens is 1.